The van der Waals surface area contributed by atoms with Crippen LogP contribution in [0.25, 0.3) is 0 Å². The van der Waals surface area contributed by atoms with Crippen molar-refractivity contribution >= 4 is 29.5 Å². The zero-order valence-corrected chi connectivity index (χ0v) is 11.1. The molecule has 1 amide bonds. The van der Waals surface area contributed by atoms with E-state index in [1.165, 1.54) is 6.92 Å². The normalized spacial score (nSPS) is 14.2. The molecule has 0 fully saturated rings. The first-order valence-corrected chi connectivity index (χ1v) is 5.73. The molecule has 0 aromatic carbocycles. The molecule has 1 aromatic rings. The number of esters is 1. The molecule has 0 spiro atoms. The zero-order chi connectivity index (χ0) is 14.2. The molecule has 2 aliphatic heterocycles. The minimum absolute atomic E-state index is 0.225. The molecule has 0 saturated heterocycles. The van der Waals surface area contributed by atoms with Crippen LogP contribution in [0.3, 0.4) is 0 Å². The van der Waals surface area contributed by atoms with E-state index >= 15 is 0 Å². The van der Waals surface area contributed by atoms with Gasteiger partial charge in [-0.15, -0.1) is 10.2 Å². The van der Waals surface area contributed by atoms with Crippen LogP contribution in [0.2, 0.25) is 0 Å². The van der Waals surface area contributed by atoms with Crippen LogP contribution in [0.5, 0.6) is 0 Å². The molecule has 0 unspecified atom stereocenters. The summed E-state index contributed by atoms with van der Waals surface area (Å²) in [5, 5.41) is 7.13. The summed E-state index contributed by atoms with van der Waals surface area (Å²) in [6, 6.07) is 0. The fourth-order valence-electron chi connectivity index (χ4n) is 1.68. The van der Waals surface area contributed by atoms with Crippen molar-refractivity contribution in [1.82, 2.24) is 4.98 Å². The number of azo groups is 1. The first kappa shape index (κ1) is 13.1. The molecule has 3 heterocycles. The van der Waals surface area contributed by atoms with E-state index in [2.05, 4.69) is 20.2 Å². The number of nitrogens with zero attached hydrogens (tertiary/aromatic N) is 3. The van der Waals surface area contributed by atoms with Gasteiger partial charge in [0.2, 0.25) is 0 Å². The van der Waals surface area contributed by atoms with Crippen molar-refractivity contribution in [1.29, 1.82) is 0 Å². The highest BCUT2D eigenvalue weighted by Crippen LogP contribution is 2.42. The van der Waals surface area contributed by atoms with E-state index in [1.54, 1.807) is 6.21 Å². The predicted octanol–water partition coefficient (Wildman–Crippen LogP) is 2.66. The monoisotopic (exact) mass is 262 g/mol. The second kappa shape index (κ2) is 4.42. The van der Waals surface area contributed by atoms with E-state index < -0.39 is 0 Å². The first-order valence-electron chi connectivity index (χ1n) is 5.73. The summed E-state index contributed by atoms with van der Waals surface area (Å²) in [7, 11) is 0. The number of hydrogen-bond acceptors (Lipinski definition) is 5. The number of ether oxygens (including phenoxy) is 1. The lowest BCUT2D eigenvalue weighted by Gasteiger charge is -2.17. The fourth-order valence-corrected chi connectivity index (χ4v) is 1.68. The molecule has 19 heavy (non-hydrogen) atoms. The Labute approximate surface area is 109 Å². The largest absolute Gasteiger partial charge is 0.460 e. The van der Waals surface area contributed by atoms with Crippen molar-refractivity contribution in [3.63, 3.8) is 0 Å². The van der Waals surface area contributed by atoms with Crippen LogP contribution >= 0.6 is 0 Å². The maximum Gasteiger partial charge on any atom is 0.314 e. The Balaban J connectivity index is 0.000000151. The predicted molar refractivity (Wildman–Crippen MR) is 68.4 cm³/mol. The number of amides is 1. The van der Waals surface area contributed by atoms with Crippen molar-refractivity contribution in [2.24, 2.45) is 15.2 Å². The molecule has 0 saturated carbocycles. The van der Waals surface area contributed by atoms with E-state index in [0.717, 1.165) is 5.69 Å². The Morgan fingerprint density at radius 2 is 1.95 bits per heavy atom. The standard InChI is InChI=1S/C6H2N4O.C6H12O2/c11-6-5-4-3(9-10-6)2(8-5)1-7-4;1-5(7)8-6(2,3)4/h1,8H;1-4H3. The van der Waals surface area contributed by atoms with Crippen LogP contribution in [0.15, 0.2) is 15.2 Å². The van der Waals surface area contributed by atoms with Gasteiger partial charge in [-0.3, -0.25) is 9.59 Å². The molecule has 1 aromatic heterocycles. The topological polar surface area (TPSA) is 96.2 Å². The Bertz CT molecular complexity index is 605. The van der Waals surface area contributed by atoms with E-state index in [-0.39, 0.29) is 17.5 Å². The molecule has 0 radical (unpaired) electrons. The molecule has 3 rings (SSSR count). The van der Waals surface area contributed by atoms with Gasteiger partial charge in [0.05, 0.1) is 11.9 Å². The Morgan fingerprint density at radius 3 is 2.42 bits per heavy atom. The first-order chi connectivity index (χ1) is 8.78. The molecule has 4 bridgehead atoms. The number of aromatic nitrogens is 1. The third-order valence-corrected chi connectivity index (χ3v) is 2.20. The lowest BCUT2D eigenvalue weighted by atomic mass is 10.2. The van der Waals surface area contributed by atoms with Crippen LogP contribution in [0, 0.1) is 0 Å². The molecular formula is C12H14N4O3. The van der Waals surface area contributed by atoms with Gasteiger partial charge in [-0.05, 0) is 20.8 Å². The van der Waals surface area contributed by atoms with Crippen LogP contribution in [-0.2, 0) is 9.53 Å². The average molecular weight is 262 g/mol. The van der Waals surface area contributed by atoms with Gasteiger partial charge in [0.15, 0.2) is 0 Å². The molecule has 0 atom stereocenters. The van der Waals surface area contributed by atoms with Crippen molar-refractivity contribution in [3.05, 3.63) is 11.4 Å². The van der Waals surface area contributed by atoms with Gasteiger partial charge in [0.1, 0.15) is 22.7 Å². The molecule has 2 aliphatic rings. The highest BCUT2D eigenvalue weighted by atomic mass is 16.6. The quantitative estimate of drug-likeness (QED) is 0.739. The van der Waals surface area contributed by atoms with Gasteiger partial charge in [-0.2, -0.15) is 0 Å². The number of hydrogen-bond donors (Lipinski definition) is 1. The maximum absolute atomic E-state index is 11.0. The molecule has 100 valence electrons. The molecule has 7 heteroatoms. The van der Waals surface area contributed by atoms with Crippen molar-refractivity contribution in [2.45, 2.75) is 33.3 Å². The highest BCUT2D eigenvalue weighted by Gasteiger charge is 2.28. The average Bonchev–Trinajstić information content (AvgIpc) is 2.76. The lowest BCUT2D eigenvalue weighted by Crippen LogP contribution is -2.21. The number of aliphatic imine (C=N–C) groups is 1. The van der Waals surface area contributed by atoms with Crippen molar-refractivity contribution in [3.8, 4) is 0 Å². The summed E-state index contributed by atoms with van der Waals surface area (Å²) in [5.74, 6) is -0.562. The summed E-state index contributed by atoms with van der Waals surface area (Å²) in [6.07, 6.45) is 1.64. The smallest absolute Gasteiger partial charge is 0.314 e. The number of nitrogens with one attached hydrogen (secondary N) is 1. The SMILES string of the molecule is CC(=O)OC(C)(C)C.O=C1N=Nc2c3[nH]c1c2N=C3. The van der Waals surface area contributed by atoms with Gasteiger partial charge < -0.3 is 9.72 Å². The summed E-state index contributed by atoms with van der Waals surface area (Å²) in [6.45, 7) is 6.93. The summed E-state index contributed by atoms with van der Waals surface area (Å²) < 4.78 is 4.80. The molecule has 7 nitrogen and oxygen atoms in total. The van der Waals surface area contributed by atoms with E-state index in [9.17, 15) is 9.59 Å². The third kappa shape index (κ3) is 2.75. The van der Waals surface area contributed by atoms with E-state index in [4.69, 9.17) is 4.74 Å². The number of H-pyrrole nitrogens is 1. The molecular weight excluding hydrogens is 248 g/mol. The highest BCUT2D eigenvalue weighted by molar-refractivity contribution is 6.10. The van der Waals surface area contributed by atoms with Crippen LogP contribution < -0.4 is 0 Å². The van der Waals surface area contributed by atoms with E-state index in [1.807, 2.05) is 20.8 Å². The molecule has 0 aliphatic carbocycles. The van der Waals surface area contributed by atoms with E-state index in [0.29, 0.717) is 17.1 Å². The van der Waals surface area contributed by atoms with Crippen molar-refractivity contribution in [2.75, 3.05) is 0 Å². The second-order valence-electron chi connectivity index (χ2n) is 5.08. The number of carbonyl (C=O) groups excluding carboxylic acids is 2. The number of carbonyl (C=O) groups is 2. The third-order valence-electron chi connectivity index (χ3n) is 2.20. The van der Waals surface area contributed by atoms with Gasteiger partial charge in [-0.1, -0.05) is 0 Å². The summed E-state index contributed by atoms with van der Waals surface area (Å²) in [4.78, 5) is 28.1. The van der Waals surface area contributed by atoms with Gasteiger partial charge >= 0.3 is 11.9 Å². The van der Waals surface area contributed by atoms with Crippen LogP contribution in [0.4, 0.5) is 11.4 Å². The van der Waals surface area contributed by atoms with Gasteiger partial charge in [-0.25, -0.2) is 4.99 Å². The van der Waals surface area contributed by atoms with Crippen LogP contribution in [0.1, 0.15) is 43.9 Å². The summed E-state index contributed by atoms with van der Waals surface area (Å²) in [5.41, 5.74) is 2.25. The number of rotatable bonds is 0. The van der Waals surface area contributed by atoms with Crippen molar-refractivity contribution < 1.29 is 14.3 Å². The Morgan fingerprint density at radius 1 is 1.26 bits per heavy atom. The number of aromatic amines is 1. The summed E-state index contributed by atoms with van der Waals surface area (Å²) >= 11 is 0. The minimum Gasteiger partial charge on any atom is -0.460 e. The second-order valence-corrected chi connectivity index (χ2v) is 5.08. The minimum atomic E-state index is -0.337. The Hall–Kier alpha value is -2.31. The lowest BCUT2D eigenvalue weighted by molar-refractivity contribution is -0.151. The van der Waals surface area contributed by atoms with Gasteiger partial charge in [0, 0.05) is 6.92 Å². The van der Waals surface area contributed by atoms with Gasteiger partial charge in [0.25, 0.3) is 0 Å². The fraction of sp³-hybridized carbons (Fsp3) is 0.417. The Kier molecular flexibility index (Phi) is 3.05. The van der Waals surface area contributed by atoms with Crippen LogP contribution in [-0.4, -0.2) is 28.7 Å². The zero-order valence-electron chi connectivity index (χ0n) is 11.1. The maximum atomic E-state index is 11.0. The molecule has 1 N–H and O–H groups in total.